The third-order valence-corrected chi connectivity index (χ3v) is 4.20. The molecule has 3 rings (SSSR count). The first kappa shape index (κ1) is 16.7. The highest BCUT2D eigenvalue weighted by Gasteiger charge is 2.12. The van der Waals surface area contributed by atoms with Crippen LogP contribution in [0.3, 0.4) is 0 Å². The number of hydrogen-bond donors (Lipinski definition) is 0. The molecule has 0 radical (unpaired) electrons. The molecule has 0 aliphatic heterocycles. The predicted octanol–water partition coefficient (Wildman–Crippen LogP) is 4.64. The molecule has 3 aromatic rings. The van der Waals surface area contributed by atoms with E-state index in [1.165, 1.54) is 0 Å². The minimum Gasteiger partial charge on any atom is -0.296 e. The average Bonchev–Trinajstić information content (AvgIpc) is 3.00. The van der Waals surface area contributed by atoms with Crippen molar-refractivity contribution in [1.82, 2.24) is 9.55 Å². The number of nitrogens with zero attached hydrogens (tertiary/aromatic N) is 5. The van der Waals surface area contributed by atoms with E-state index in [0.29, 0.717) is 12.1 Å². The number of aryl methyl sites for hydroxylation is 1. The maximum atomic E-state index is 11.6. The number of carbonyl (C=O) groups excluding carboxylic acids is 1. The molecule has 6 heteroatoms. The Morgan fingerprint density at radius 2 is 2.00 bits per heavy atom. The van der Waals surface area contributed by atoms with Gasteiger partial charge in [0.25, 0.3) is 0 Å². The zero-order chi connectivity index (χ0) is 17.8. The molecule has 126 valence electrons. The molecule has 25 heavy (non-hydrogen) atoms. The van der Waals surface area contributed by atoms with Gasteiger partial charge >= 0.3 is 0 Å². The third kappa shape index (κ3) is 3.39. The second-order valence-corrected chi connectivity index (χ2v) is 5.85. The van der Waals surface area contributed by atoms with Crippen LogP contribution in [0.15, 0.2) is 47.6 Å². The van der Waals surface area contributed by atoms with E-state index in [-0.39, 0.29) is 5.78 Å². The second-order valence-electron chi connectivity index (χ2n) is 5.85. The normalized spacial score (nSPS) is 10.6. The molecule has 0 N–H and O–H groups in total. The van der Waals surface area contributed by atoms with Gasteiger partial charge in [-0.1, -0.05) is 24.2 Å². The topological polar surface area (TPSA) is 83.7 Å². The van der Waals surface area contributed by atoms with E-state index in [1.807, 2.05) is 42.5 Å². The maximum absolute atomic E-state index is 11.6. The van der Waals surface area contributed by atoms with Crippen LogP contribution >= 0.6 is 0 Å². The van der Waals surface area contributed by atoms with E-state index in [1.54, 1.807) is 6.92 Å². The van der Waals surface area contributed by atoms with Gasteiger partial charge in [-0.15, -0.1) is 0 Å². The number of Topliss-reactive ketones (excluding diaryl/α,β-unsaturated/α-hetero) is 1. The Bertz CT molecular complexity index is 965. The quantitative estimate of drug-likeness (QED) is 0.285. The summed E-state index contributed by atoms with van der Waals surface area (Å²) in [5, 5.41) is 3.57. The molecule has 2 aromatic carbocycles. The van der Waals surface area contributed by atoms with Crippen molar-refractivity contribution in [3.05, 3.63) is 69.9 Å². The fourth-order valence-electron chi connectivity index (χ4n) is 2.91. The predicted molar refractivity (Wildman–Crippen MR) is 98.2 cm³/mol. The van der Waals surface area contributed by atoms with Crippen LogP contribution in [-0.2, 0) is 12.8 Å². The van der Waals surface area contributed by atoms with Gasteiger partial charge in [-0.05, 0) is 54.8 Å². The van der Waals surface area contributed by atoms with E-state index >= 15 is 0 Å². The van der Waals surface area contributed by atoms with Gasteiger partial charge in [-0.25, -0.2) is 4.98 Å². The lowest BCUT2D eigenvalue weighted by Crippen LogP contribution is -2.00. The Morgan fingerprint density at radius 3 is 2.64 bits per heavy atom. The van der Waals surface area contributed by atoms with Crippen LogP contribution in [0, 0.1) is 0 Å². The van der Waals surface area contributed by atoms with E-state index in [9.17, 15) is 4.79 Å². The summed E-state index contributed by atoms with van der Waals surface area (Å²) in [4.78, 5) is 19.1. The molecule has 0 amide bonds. The molecule has 0 fully saturated rings. The molecule has 0 saturated heterocycles. The molecule has 0 atom stereocenters. The summed E-state index contributed by atoms with van der Waals surface area (Å²) in [5.74, 6) is 0.997. The van der Waals surface area contributed by atoms with Gasteiger partial charge in [-0.3, -0.25) is 9.36 Å². The van der Waals surface area contributed by atoms with Crippen molar-refractivity contribution in [2.45, 2.75) is 26.7 Å². The van der Waals surface area contributed by atoms with E-state index in [2.05, 4.69) is 26.5 Å². The van der Waals surface area contributed by atoms with Crippen molar-refractivity contribution in [1.29, 1.82) is 0 Å². The van der Waals surface area contributed by atoms with Crippen molar-refractivity contribution in [2.75, 3.05) is 6.54 Å². The van der Waals surface area contributed by atoms with Crippen LogP contribution in [0.1, 0.15) is 35.6 Å². The molecule has 1 heterocycles. The number of azide groups is 1. The highest BCUT2D eigenvalue weighted by atomic mass is 16.1. The number of benzene rings is 2. The number of fused-ring (bicyclic) bond motifs is 1. The molecular weight excluding hydrogens is 314 g/mol. The van der Waals surface area contributed by atoms with Crippen LogP contribution in [0.5, 0.6) is 0 Å². The fraction of sp³-hybridized carbons (Fsp3) is 0.263. The van der Waals surface area contributed by atoms with E-state index < -0.39 is 0 Å². The first-order chi connectivity index (χ1) is 12.1. The molecule has 6 nitrogen and oxygen atoms in total. The molecule has 0 saturated carbocycles. The number of imidazole rings is 1. The van der Waals surface area contributed by atoms with Crippen molar-refractivity contribution >= 4 is 16.8 Å². The van der Waals surface area contributed by atoms with Crippen molar-refractivity contribution in [3.8, 4) is 5.69 Å². The minimum atomic E-state index is 0.0406. The van der Waals surface area contributed by atoms with Gasteiger partial charge in [0.05, 0.1) is 11.0 Å². The lowest BCUT2D eigenvalue weighted by molar-refractivity contribution is 0.101. The van der Waals surface area contributed by atoms with Crippen molar-refractivity contribution in [2.24, 2.45) is 5.11 Å². The van der Waals surface area contributed by atoms with Gasteiger partial charge in [0.15, 0.2) is 5.78 Å². The van der Waals surface area contributed by atoms with Gasteiger partial charge in [0, 0.05) is 29.1 Å². The summed E-state index contributed by atoms with van der Waals surface area (Å²) in [6.07, 6.45) is 1.51. The smallest absolute Gasteiger partial charge is 0.159 e. The summed E-state index contributed by atoms with van der Waals surface area (Å²) < 4.78 is 2.12. The van der Waals surface area contributed by atoms with Crippen LogP contribution < -0.4 is 0 Å². The van der Waals surface area contributed by atoms with Gasteiger partial charge in [-0.2, -0.15) is 0 Å². The molecule has 0 bridgehead atoms. The number of ketones is 1. The lowest BCUT2D eigenvalue weighted by Gasteiger charge is -2.09. The molecular formula is C19H19N5O. The molecule has 0 unspecified atom stereocenters. The van der Waals surface area contributed by atoms with Gasteiger partial charge < -0.3 is 0 Å². The lowest BCUT2D eigenvalue weighted by atomic mass is 10.1. The van der Waals surface area contributed by atoms with Crippen molar-refractivity contribution < 1.29 is 4.79 Å². The molecule has 1 aromatic heterocycles. The Kier molecular flexibility index (Phi) is 4.82. The minimum absolute atomic E-state index is 0.0406. The number of carbonyl (C=O) groups is 1. The molecule has 0 spiro atoms. The van der Waals surface area contributed by atoms with Gasteiger partial charge in [0.1, 0.15) is 5.82 Å². The van der Waals surface area contributed by atoms with E-state index in [4.69, 9.17) is 5.53 Å². The Labute approximate surface area is 145 Å². The van der Waals surface area contributed by atoms with Gasteiger partial charge in [0.2, 0.25) is 0 Å². The summed E-state index contributed by atoms with van der Waals surface area (Å²) >= 11 is 0. The average molecular weight is 333 g/mol. The van der Waals surface area contributed by atoms with Crippen molar-refractivity contribution in [3.63, 3.8) is 0 Å². The standard InChI is InChI=1S/C19H19N5O/c1-3-19-22-17-12-15(13(2)25)6-9-18(17)24(19)16-7-4-14(5-8-16)10-11-21-23-20/h4-9,12H,3,10-11H2,1-2H3. The van der Waals surface area contributed by atoms with E-state index in [0.717, 1.165) is 41.0 Å². The monoisotopic (exact) mass is 333 g/mol. The Morgan fingerprint density at radius 1 is 1.24 bits per heavy atom. The summed E-state index contributed by atoms with van der Waals surface area (Å²) in [6, 6.07) is 13.8. The Hall–Kier alpha value is -3.11. The number of rotatable bonds is 6. The zero-order valence-corrected chi connectivity index (χ0v) is 14.3. The largest absolute Gasteiger partial charge is 0.296 e. The second kappa shape index (κ2) is 7.20. The SMILES string of the molecule is CCc1nc2cc(C(C)=O)ccc2n1-c1ccc(CCN=[N+]=[N-])cc1. The fourth-order valence-corrected chi connectivity index (χ4v) is 2.91. The first-order valence-electron chi connectivity index (χ1n) is 8.26. The zero-order valence-electron chi connectivity index (χ0n) is 14.3. The summed E-state index contributed by atoms with van der Waals surface area (Å²) in [5.41, 5.74) is 13.0. The summed E-state index contributed by atoms with van der Waals surface area (Å²) in [6.45, 7) is 4.09. The number of aromatic nitrogens is 2. The number of hydrogen-bond acceptors (Lipinski definition) is 3. The third-order valence-electron chi connectivity index (χ3n) is 4.20. The summed E-state index contributed by atoms with van der Waals surface area (Å²) in [7, 11) is 0. The van der Waals surface area contributed by atoms with Crippen LogP contribution in [0.2, 0.25) is 0 Å². The Balaban J connectivity index is 2.02. The highest BCUT2D eigenvalue weighted by molar-refractivity contribution is 5.97. The van der Waals surface area contributed by atoms with Crippen LogP contribution in [0.4, 0.5) is 0 Å². The van der Waals surface area contributed by atoms with Crippen LogP contribution in [0.25, 0.3) is 27.2 Å². The molecule has 0 aliphatic carbocycles. The first-order valence-corrected chi connectivity index (χ1v) is 8.26. The van der Waals surface area contributed by atoms with Crippen LogP contribution in [-0.4, -0.2) is 21.9 Å². The molecule has 0 aliphatic rings. The maximum Gasteiger partial charge on any atom is 0.159 e. The highest BCUT2D eigenvalue weighted by Crippen LogP contribution is 2.23.